The summed E-state index contributed by atoms with van der Waals surface area (Å²) in [6.45, 7) is 1.03. The van der Waals surface area contributed by atoms with Gasteiger partial charge in [0.25, 0.3) is 5.89 Å². The second-order valence-corrected chi connectivity index (χ2v) is 5.87. The van der Waals surface area contributed by atoms with Crippen molar-refractivity contribution in [3.8, 4) is 17.5 Å². The van der Waals surface area contributed by atoms with Gasteiger partial charge >= 0.3 is 0 Å². The molecule has 0 N–H and O–H groups in total. The fraction of sp³-hybridized carbons (Fsp3) is 0.357. The molecule has 3 rings (SSSR count). The Labute approximate surface area is 121 Å². The maximum atomic E-state index is 8.93. The van der Waals surface area contributed by atoms with Crippen molar-refractivity contribution in [1.82, 2.24) is 15.0 Å². The summed E-state index contributed by atoms with van der Waals surface area (Å²) in [7, 11) is 2.08. The van der Waals surface area contributed by atoms with Crippen LogP contribution in [0.15, 0.2) is 28.8 Å². The molecule has 1 fully saturated rings. The molecular formula is C14H14N4OS. The van der Waals surface area contributed by atoms with Gasteiger partial charge in [-0.05, 0) is 25.2 Å². The van der Waals surface area contributed by atoms with Crippen LogP contribution in [0.1, 0.15) is 17.4 Å². The van der Waals surface area contributed by atoms with Crippen LogP contribution in [0.25, 0.3) is 11.5 Å². The average Bonchev–Trinajstić information content (AvgIpc) is 2.97. The summed E-state index contributed by atoms with van der Waals surface area (Å²) in [6.07, 6.45) is 0. The van der Waals surface area contributed by atoms with Gasteiger partial charge in [0.1, 0.15) is 0 Å². The average molecular weight is 286 g/mol. The van der Waals surface area contributed by atoms with E-state index < -0.39 is 0 Å². The number of nitriles is 1. The Balaban J connectivity index is 1.88. The molecule has 1 aliphatic rings. The summed E-state index contributed by atoms with van der Waals surface area (Å²) in [5.41, 5.74) is 1.38. The number of nitrogens with zero attached hydrogens (tertiary/aromatic N) is 4. The van der Waals surface area contributed by atoms with Gasteiger partial charge in [0.2, 0.25) is 0 Å². The molecule has 1 unspecified atom stereocenters. The second-order valence-electron chi connectivity index (χ2n) is 4.72. The zero-order chi connectivity index (χ0) is 13.9. The van der Waals surface area contributed by atoms with Gasteiger partial charge in [-0.1, -0.05) is 11.2 Å². The number of hydrogen-bond donors (Lipinski definition) is 0. The Bertz CT molecular complexity index is 649. The summed E-state index contributed by atoms with van der Waals surface area (Å²) in [6, 6.07) is 9.52. The van der Waals surface area contributed by atoms with Crippen LogP contribution < -0.4 is 0 Å². The fourth-order valence-corrected chi connectivity index (χ4v) is 3.38. The molecule has 6 heteroatoms. The lowest BCUT2D eigenvalue weighted by Gasteiger charge is -2.29. The van der Waals surface area contributed by atoms with E-state index in [4.69, 9.17) is 9.78 Å². The molecule has 0 saturated carbocycles. The van der Waals surface area contributed by atoms with Crippen LogP contribution in [0.4, 0.5) is 0 Å². The normalized spacial score (nSPS) is 19.7. The molecule has 1 saturated heterocycles. The molecule has 1 atom stereocenters. The molecule has 2 aromatic rings. The quantitative estimate of drug-likeness (QED) is 0.844. The van der Waals surface area contributed by atoms with Gasteiger partial charge in [-0.25, -0.2) is 0 Å². The highest BCUT2D eigenvalue weighted by atomic mass is 32.2. The van der Waals surface area contributed by atoms with Crippen LogP contribution in [0.3, 0.4) is 0 Å². The van der Waals surface area contributed by atoms with Crippen molar-refractivity contribution in [2.45, 2.75) is 6.04 Å². The van der Waals surface area contributed by atoms with Gasteiger partial charge in [-0.3, -0.25) is 4.90 Å². The number of benzene rings is 1. The predicted molar refractivity (Wildman–Crippen MR) is 77.1 cm³/mol. The van der Waals surface area contributed by atoms with Crippen molar-refractivity contribution < 1.29 is 4.52 Å². The molecule has 0 spiro atoms. The molecule has 0 bridgehead atoms. The molecule has 2 heterocycles. The van der Waals surface area contributed by atoms with E-state index >= 15 is 0 Å². The molecule has 1 aromatic heterocycles. The van der Waals surface area contributed by atoms with Crippen molar-refractivity contribution in [3.63, 3.8) is 0 Å². The highest BCUT2D eigenvalue weighted by Crippen LogP contribution is 2.28. The van der Waals surface area contributed by atoms with E-state index in [1.165, 1.54) is 0 Å². The van der Waals surface area contributed by atoms with Crippen molar-refractivity contribution in [2.24, 2.45) is 0 Å². The molecule has 5 nitrogen and oxygen atoms in total. The highest BCUT2D eigenvalue weighted by Gasteiger charge is 2.26. The standard InChI is InChI=1S/C14H14N4OS/c1-18-5-6-20-9-12(18)13-16-14(19-17-13)11-4-2-3-10(7-11)8-15/h2-4,7,12H,5-6,9H2,1H3. The van der Waals surface area contributed by atoms with E-state index in [1.807, 2.05) is 23.9 Å². The topological polar surface area (TPSA) is 66.0 Å². The van der Waals surface area contributed by atoms with Crippen molar-refractivity contribution in [1.29, 1.82) is 5.26 Å². The molecule has 0 aliphatic carbocycles. The lowest BCUT2D eigenvalue weighted by atomic mass is 10.1. The lowest BCUT2D eigenvalue weighted by molar-refractivity contribution is 0.257. The zero-order valence-corrected chi connectivity index (χ0v) is 11.9. The molecular weight excluding hydrogens is 272 g/mol. The Kier molecular flexibility index (Phi) is 3.72. The summed E-state index contributed by atoms with van der Waals surface area (Å²) >= 11 is 1.91. The summed E-state index contributed by atoms with van der Waals surface area (Å²) in [5, 5.41) is 13.0. The monoisotopic (exact) mass is 286 g/mol. The minimum atomic E-state index is 0.199. The van der Waals surface area contributed by atoms with Gasteiger partial charge < -0.3 is 4.52 Å². The van der Waals surface area contributed by atoms with Crippen LogP contribution in [-0.4, -0.2) is 40.1 Å². The SMILES string of the molecule is CN1CCSCC1c1noc(-c2cccc(C#N)c2)n1. The number of rotatable bonds is 2. The molecule has 102 valence electrons. The summed E-state index contributed by atoms with van der Waals surface area (Å²) in [5.74, 6) is 3.31. The van der Waals surface area contributed by atoms with Crippen molar-refractivity contribution >= 4 is 11.8 Å². The van der Waals surface area contributed by atoms with Crippen molar-refractivity contribution in [3.05, 3.63) is 35.7 Å². The van der Waals surface area contributed by atoms with Gasteiger partial charge in [0, 0.05) is 23.6 Å². The van der Waals surface area contributed by atoms with E-state index in [1.54, 1.807) is 12.1 Å². The van der Waals surface area contributed by atoms with Crippen LogP contribution in [0, 0.1) is 11.3 Å². The first-order valence-corrected chi connectivity index (χ1v) is 7.55. The highest BCUT2D eigenvalue weighted by molar-refractivity contribution is 7.99. The number of aromatic nitrogens is 2. The number of hydrogen-bond acceptors (Lipinski definition) is 6. The summed E-state index contributed by atoms with van der Waals surface area (Å²) in [4.78, 5) is 6.73. The Morgan fingerprint density at radius 1 is 1.50 bits per heavy atom. The molecule has 20 heavy (non-hydrogen) atoms. The Morgan fingerprint density at radius 3 is 3.20 bits per heavy atom. The maximum absolute atomic E-state index is 8.93. The third kappa shape index (κ3) is 2.55. The van der Waals surface area contributed by atoms with E-state index in [0.717, 1.165) is 29.4 Å². The smallest absolute Gasteiger partial charge is 0.258 e. The first kappa shape index (κ1) is 13.2. The molecule has 0 radical (unpaired) electrons. The number of thioether (sulfide) groups is 1. The van der Waals surface area contributed by atoms with Crippen LogP contribution in [0.5, 0.6) is 0 Å². The fourth-order valence-electron chi connectivity index (χ4n) is 2.17. The lowest BCUT2D eigenvalue weighted by Crippen LogP contribution is -2.33. The Hall–Kier alpha value is -1.84. The largest absolute Gasteiger partial charge is 0.334 e. The van der Waals surface area contributed by atoms with Crippen LogP contribution in [-0.2, 0) is 0 Å². The maximum Gasteiger partial charge on any atom is 0.258 e. The van der Waals surface area contributed by atoms with E-state index in [9.17, 15) is 0 Å². The molecule has 1 aliphatic heterocycles. The first-order valence-electron chi connectivity index (χ1n) is 6.40. The van der Waals surface area contributed by atoms with E-state index in [0.29, 0.717) is 11.5 Å². The minimum absolute atomic E-state index is 0.199. The first-order chi connectivity index (χ1) is 9.78. The predicted octanol–water partition coefficient (Wildman–Crippen LogP) is 2.33. The van der Waals surface area contributed by atoms with Crippen LogP contribution >= 0.6 is 11.8 Å². The minimum Gasteiger partial charge on any atom is -0.334 e. The molecule has 0 amide bonds. The second kappa shape index (κ2) is 5.65. The van der Waals surface area contributed by atoms with Crippen molar-refractivity contribution in [2.75, 3.05) is 25.1 Å². The zero-order valence-electron chi connectivity index (χ0n) is 11.1. The molecule has 1 aromatic carbocycles. The summed E-state index contributed by atoms with van der Waals surface area (Å²) < 4.78 is 5.35. The third-order valence-corrected chi connectivity index (χ3v) is 4.40. The van der Waals surface area contributed by atoms with Gasteiger partial charge in [0.15, 0.2) is 5.82 Å². The third-order valence-electron chi connectivity index (χ3n) is 3.37. The Morgan fingerprint density at radius 2 is 2.40 bits per heavy atom. The van der Waals surface area contributed by atoms with Gasteiger partial charge in [-0.15, -0.1) is 0 Å². The van der Waals surface area contributed by atoms with E-state index in [-0.39, 0.29) is 6.04 Å². The van der Waals surface area contributed by atoms with E-state index in [2.05, 4.69) is 28.2 Å². The van der Waals surface area contributed by atoms with Gasteiger partial charge in [-0.2, -0.15) is 22.0 Å². The van der Waals surface area contributed by atoms with Gasteiger partial charge in [0.05, 0.1) is 17.7 Å². The van der Waals surface area contributed by atoms with Crippen LogP contribution in [0.2, 0.25) is 0 Å².